The Hall–Kier alpha value is -1.81. The topological polar surface area (TPSA) is 15.7 Å². The van der Waals surface area contributed by atoms with E-state index in [1.54, 1.807) is 0 Å². The van der Waals surface area contributed by atoms with E-state index in [2.05, 4.69) is 91.3 Å². The molecule has 0 aliphatic carbocycles. The minimum atomic E-state index is 0. The fourth-order valence-electron chi connectivity index (χ4n) is 4.35. The van der Waals surface area contributed by atoms with Gasteiger partial charge in [0.2, 0.25) is 0 Å². The molecule has 0 amide bonds. The zero-order valence-corrected chi connectivity index (χ0v) is 19.3. The molecule has 2 aliphatic heterocycles. The molecule has 0 bridgehead atoms. The van der Waals surface area contributed by atoms with Gasteiger partial charge in [-0.1, -0.05) is 69.3 Å². The van der Waals surface area contributed by atoms with Gasteiger partial charge in [-0.3, -0.25) is 4.90 Å². The van der Waals surface area contributed by atoms with Crippen LogP contribution in [0.15, 0.2) is 48.5 Å². The zero-order valence-electron chi connectivity index (χ0n) is 18.5. The fraction of sp³-hybridized carbons (Fsp3) is 0.462. The van der Waals surface area contributed by atoms with Crippen LogP contribution >= 0.6 is 12.4 Å². The fourth-order valence-corrected chi connectivity index (χ4v) is 4.35. The highest BCUT2D eigenvalue weighted by Crippen LogP contribution is 2.36. The molecule has 1 fully saturated rings. The van der Waals surface area contributed by atoms with Crippen LogP contribution in [0, 0.1) is 5.41 Å². The van der Waals surface area contributed by atoms with E-state index in [1.807, 2.05) is 0 Å². The number of anilines is 2. The smallest absolute Gasteiger partial charge is 0.0639 e. The van der Waals surface area contributed by atoms with Crippen LogP contribution < -0.4 is 4.90 Å². The predicted octanol–water partition coefficient (Wildman–Crippen LogP) is 6.26. The quantitative estimate of drug-likeness (QED) is 0.542. The van der Waals surface area contributed by atoms with Crippen molar-refractivity contribution in [3.05, 3.63) is 59.7 Å². The van der Waals surface area contributed by atoms with Crippen molar-refractivity contribution in [2.75, 3.05) is 37.7 Å². The summed E-state index contributed by atoms with van der Waals surface area (Å²) in [5, 5.41) is 0. The largest absolute Gasteiger partial charge is 0.379 e. The lowest BCUT2D eigenvalue weighted by atomic mass is 9.99. The van der Waals surface area contributed by atoms with E-state index < -0.39 is 0 Å². The minimum Gasteiger partial charge on any atom is -0.379 e. The molecule has 4 rings (SSSR count). The number of hydrogen-bond donors (Lipinski definition) is 0. The van der Waals surface area contributed by atoms with Crippen molar-refractivity contribution in [2.45, 2.75) is 39.7 Å². The lowest BCUT2D eigenvalue weighted by molar-refractivity contribution is 0.0325. The molecule has 30 heavy (non-hydrogen) atoms. The highest BCUT2D eigenvalue weighted by molar-refractivity contribution is 5.88. The van der Waals surface area contributed by atoms with Gasteiger partial charge in [-0.05, 0) is 54.6 Å². The van der Waals surface area contributed by atoms with E-state index in [4.69, 9.17) is 4.74 Å². The molecule has 2 aromatic rings. The molecule has 162 valence electrons. The third-order valence-electron chi connectivity index (χ3n) is 5.79. The molecule has 4 heteroatoms. The van der Waals surface area contributed by atoms with Crippen molar-refractivity contribution in [1.82, 2.24) is 4.90 Å². The van der Waals surface area contributed by atoms with Crippen molar-refractivity contribution in [2.24, 2.45) is 5.41 Å². The molecular formula is C26H35ClN2O. The van der Waals surface area contributed by atoms with Crippen LogP contribution in [0.1, 0.15) is 44.7 Å². The SMILES string of the molecule is CC(C)(C)COCC(CN1c2ccccc2C=Cc2ccccc21)N1CCCC1.Cl. The Morgan fingerprint density at radius 3 is 1.93 bits per heavy atom. The van der Waals surface area contributed by atoms with Crippen LogP contribution in [0.2, 0.25) is 0 Å². The first kappa shape index (κ1) is 22.9. The maximum absolute atomic E-state index is 6.24. The molecule has 1 unspecified atom stereocenters. The molecule has 0 radical (unpaired) electrons. The second-order valence-corrected chi connectivity index (χ2v) is 9.53. The van der Waals surface area contributed by atoms with Crippen molar-refractivity contribution in [3.63, 3.8) is 0 Å². The van der Waals surface area contributed by atoms with Gasteiger partial charge in [-0.25, -0.2) is 0 Å². The van der Waals surface area contributed by atoms with Gasteiger partial charge in [0.05, 0.1) is 19.3 Å². The number of hydrogen-bond acceptors (Lipinski definition) is 3. The van der Waals surface area contributed by atoms with Gasteiger partial charge < -0.3 is 9.64 Å². The van der Waals surface area contributed by atoms with Crippen LogP contribution in [-0.2, 0) is 4.74 Å². The molecule has 0 N–H and O–H groups in total. The highest BCUT2D eigenvalue weighted by atomic mass is 35.5. The Kier molecular flexibility index (Phi) is 7.62. The van der Waals surface area contributed by atoms with Crippen molar-refractivity contribution >= 4 is 35.9 Å². The van der Waals surface area contributed by atoms with Crippen molar-refractivity contribution in [3.8, 4) is 0 Å². The lowest BCUT2D eigenvalue weighted by Crippen LogP contribution is -2.45. The number of rotatable bonds is 6. The second-order valence-electron chi connectivity index (χ2n) is 9.53. The maximum Gasteiger partial charge on any atom is 0.0639 e. The molecule has 2 heterocycles. The van der Waals surface area contributed by atoms with Gasteiger partial charge in [0.25, 0.3) is 0 Å². The Morgan fingerprint density at radius 2 is 1.40 bits per heavy atom. The van der Waals surface area contributed by atoms with Crippen LogP contribution in [0.3, 0.4) is 0 Å². The minimum absolute atomic E-state index is 0. The lowest BCUT2D eigenvalue weighted by Gasteiger charge is -2.35. The standard InChI is InChI=1S/C26H34N2O.ClH/c1-26(2,3)20-29-19-23(27-16-8-9-17-27)18-28-24-12-6-4-10-21(24)14-15-22-11-5-7-13-25(22)28;/h4-7,10-15,23H,8-9,16-20H2,1-3H3;1H. The number of nitrogens with zero attached hydrogens (tertiary/aromatic N) is 2. The van der Waals surface area contributed by atoms with E-state index in [-0.39, 0.29) is 17.8 Å². The summed E-state index contributed by atoms with van der Waals surface area (Å²) in [4.78, 5) is 5.14. The van der Waals surface area contributed by atoms with E-state index in [0.29, 0.717) is 6.04 Å². The number of para-hydroxylation sites is 2. The molecule has 0 saturated carbocycles. The number of ether oxygens (including phenoxy) is 1. The summed E-state index contributed by atoms with van der Waals surface area (Å²) in [6, 6.07) is 17.9. The van der Waals surface area contributed by atoms with Gasteiger partial charge >= 0.3 is 0 Å². The summed E-state index contributed by atoms with van der Waals surface area (Å²) in [6.07, 6.45) is 7.08. The van der Waals surface area contributed by atoms with E-state index >= 15 is 0 Å². The molecular weight excluding hydrogens is 392 g/mol. The predicted molar refractivity (Wildman–Crippen MR) is 131 cm³/mol. The zero-order chi connectivity index (χ0) is 20.3. The molecule has 1 saturated heterocycles. The van der Waals surface area contributed by atoms with Crippen molar-refractivity contribution < 1.29 is 4.74 Å². The molecule has 0 aromatic heterocycles. The van der Waals surface area contributed by atoms with Gasteiger partial charge in [-0.15, -0.1) is 12.4 Å². The summed E-state index contributed by atoms with van der Waals surface area (Å²) in [7, 11) is 0. The van der Waals surface area contributed by atoms with Crippen molar-refractivity contribution in [1.29, 1.82) is 0 Å². The molecule has 2 aromatic carbocycles. The number of fused-ring (bicyclic) bond motifs is 2. The first-order valence-electron chi connectivity index (χ1n) is 11.0. The van der Waals surface area contributed by atoms with Crippen LogP contribution in [0.5, 0.6) is 0 Å². The van der Waals surface area contributed by atoms with Gasteiger partial charge in [0, 0.05) is 17.9 Å². The van der Waals surface area contributed by atoms with E-state index in [9.17, 15) is 0 Å². The molecule has 2 aliphatic rings. The average Bonchev–Trinajstić information content (AvgIpc) is 3.18. The second kappa shape index (κ2) is 10.00. The summed E-state index contributed by atoms with van der Waals surface area (Å²) in [6.45, 7) is 11.6. The Balaban J connectivity index is 0.00000256. The number of halogens is 1. The van der Waals surface area contributed by atoms with Crippen LogP contribution in [-0.4, -0.2) is 43.8 Å². The maximum atomic E-state index is 6.24. The van der Waals surface area contributed by atoms with Gasteiger partial charge in [0.15, 0.2) is 0 Å². The van der Waals surface area contributed by atoms with E-state index in [0.717, 1.165) is 19.8 Å². The normalized spacial score (nSPS) is 17.1. The van der Waals surface area contributed by atoms with Crippen LogP contribution in [0.25, 0.3) is 12.2 Å². The first-order chi connectivity index (χ1) is 14.0. The highest BCUT2D eigenvalue weighted by Gasteiger charge is 2.27. The number of likely N-dealkylation sites (tertiary alicyclic amines) is 1. The molecule has 0 spiro atoms. The Morgan fingerprint density at radius 1 is 0.867 bits per heavy atom. The van der Waals surface area contributed by atoms with Gasteiger partial charge in [-0.2, -0.15) is 0 Å². The van der Waals surface area contributed by atoms with E-state index in [1.165, 1.54) is 48.4 Å². The van der Waals surface area contributed by atoms with Crippen LogP contribution in [0.4, 0.5) is 11.4 Å². The average molecular weight is 427 g/mol. The summed E-state index contributed by atoms with van der Waals surface area (Å²) in [5.74, 6) is 0. The summed E-state index contributed by atoms with van der Waals surface area (Å²) >= 11 is 0. The number of benzene rings is 2. The Labute approximate surface area is 188 Å². The molecule has 3 nitrogen and oxygen atoms in total. The summed E-state index contributed by atoms with van der Waals surface area (Å²) in [5.41, 5.74) is 5.32. The Bertz CT molecular complexity index is 803. The third-order valence-corrected chi connectivity index (χ3v) is 5.79. The molecule has 1 atom stereocenters. The summed E-state index contributed by atoms with van der Waals surface area (Å²) < 4.78 is 6.24. The first-order valence-corrected chi connectivity index (χ1v) is 11.0. The third kappa shape index (κ3) is 5.46. The van der Waals surface area contributed by atoms with Gasteiger partial charge in [0.1, 0.15) is 0 Å². The monoisotopic (exact) mass is 426 g/mol.